The van der Waals surface area contributed by atoms with Crippen LogP contribution in [0.1, 0.15) is 4.11 Å². The van der Waals surface area contributed by atoms with Crippen LogP contribution in [0.2, 0.25) is 0 Å². The van der Waals surface area contributed by atoms with E-state index in [4.69, 9.17) is 4.11 Å². The molecule has 2 aromatic carbocycles. The normalized spacial score (nSPS) is 13.2. The highest BCUT2D eigenvalue weighted by Gasteiger charge is 2.33. The molecule has 0 saturated carbocycles. The summed E-state index contributed by atoms with van der Waals surface area (Å²) in [6.45, 7) is 0. The monoisotopic (exact) mass is 298 g/mol. The van der Waals surface area contributed by atoms with E-state index < -0.39 is 31.1 Å². The number of benzene rings is 2. The van der Waals surface area contributed by atoms with Crippen LogP contribution in [0, 0.1) is 0 Å². The fourth-order valence-electron chi connectivity index (χ4n) is 2.17. The molecule has 0 aliphatic heterocycles. The Balaban J connectivity index is 2.39. The maximum Gasteiger partial charge on any atom is 0.192 e. The lowest BCUT2D eigenvalue weighted by Crippen LogP contribution is -2.27. The largest absolute Gasteiger partial charge is 0.506 e. The third kappa shape index (κ3) is 2.37. The molecule has 3 nitrogen and oxygen atoms in total. The van der Waals surface area contributed by atoms with Gasteiger partial charge >= 0.3 is 0 Å². The van der Waals surface area contributed by atoms with E-state index in [-0.39, 0.29) is 5.44 Å². The molecule has 0 unspecified atom stereocenters. The molecule has 0 amide bonds. The van der Waals surface area contributed by atoms with E-state index in [1.54, 1.807) is 60.7 Å². The fourth-order valence-corrected chi connectivity index (χ4v) is 4.68. The van der Waals surface area contributed by atoms with Crippen LogP contribution in [0.4, 0.5) is 0 Å². The highest BCUT2D eigenvalue weighted by molar-refractivity contribution is 7.85. The van der Waals surface area contributed by atoms with Crippen LogP contribution in [0.5, 0.6) is 5.75 Å². The maximum atomic E-state index is 14.0. The maximum absolute atomic E-state index is 14.0. The summed E-state index contributed by atoms with van der Waals surface area (Å²) < 4.78 is 37.2. The highest BCUT2D eigenvalue weighted by atomic mass is 31.2. The molecule has 1 N–H and O–H groups in total. The van der Waals surface area contributed by atoms with Gasteiger partial charge in [0.25, 0.3) is 0 Å². The first-order valence-corrected chi connectivity index (χ1v) is 8.05. The molecule has 1 heterocycles. The molecule has 0 radical (unpaired) electrons. The summed E-state index contributed by atoms with van der Waals surface area (Å²) in [5.74, 6) is -0.618. The van der Waals surface area contributed by atoms with Crippen molar-refractivity contribution in [3.05, 3.63) is 78.9 Å². The molecule has 0 fully saturated rings. The van der Waals surface area contributed by atoms with E-state index >= 15 is 0 Å². The van der Waals surface area contributed by atoms with Crippen LogP contribution in [0.15, 0.2) is 78.9 Å². The summed E-state index contributed by atoms with van der Waals surface area (Å²) in [5.41, 5.74) is -0.231. The summed E-state index contributed by atoms with van der Waals surface area (Å²) in [7, 11) is -3.57. The Kier molecular flexibility index (Phi) is 2.74. The molecule has 104 valence electrons. The van der Waals surface area contributed by atoms with E-state index in [1.165, 1.54) is 0 Å². The zero-order valence-corrected chi connectivity index (χ0v) is 11.9. The van der Waals surface area contributed by atoms with Crippen LogP contribution in [-0.4, -0.2) is 10.1 Å². The van der Waals surface area contributed by atoms with Gasteiger partial charge in [-0.15, -0.1) is 0 Å². The Morgan fingerprint density at radius 2 is 1.48 bits per heavy atom. The smallest absolute Gasteiger partial charge is 0.192 e. The van der Waals surface area contributed by atoms with Crippen molar-refractivity contribution in [3.8, 4) is 5.75 Å². The minimum Gasteiger partial charge on any atom is -0.506 e. The van der Waals surface area contributed by atoms with Crippen molar-refractivity contribution in [2.24, 2.45) is 0 Å². The van der Waals surface area contributed by atoms with E-state index in [1.807, 2.05) is 0 Å². The second-order valence-corrected chi connectivity index (χ2v) is 7.10. The van der Waals surface area contributed by atoms with Crippen molar-refractivity contribution in [1.29, 1.82) is 0 Å². The molecule has 1 aromatic heterocycles. The van der Waals surface area contributed by atoms with Gasteiger partial charge in [0.15, 0.2) is 7.14 Å². The molecular weight excluding hydrogens is 281 g/mol. The van der Waals surface area contributed by atoms with Crippen molar-refractivity contribution in [2.75, 3.05) is 0 Å². The first-order chi connectivity index (χ1) is 11.5. The number of aromatic nitrogens is 1. The summed E-state index contributed by atoms with van der Waals surface area (Å²) in [6, 6.07) is 16.1. The minimum atomic E-state index is -3.57. The standard InChI is InChI=1S/C17H14NO2P/c19-16-12-7-13-18-17(16)21(20,14-8-3-1-4-9-14)15-10-5-2-6-11-15/h1-13,19H/i7D,12D,13D. The van der Waals surface area contributed by atoms with Crippen molar-refractivity contribution < 1.29 is 13.8 Å². The molecule has 0 aliphatic rings. The predicted molar refractivity (Wildman–Crippen MR) is 85.3 cm³/mol. The minimum absolute atomic E-state index is 0.231. The first kappa shape index (κ1) is 10.4. The van der Waals surface area contributed by atoms with Gasteiger partial charge in [-0.2, -0.15) is 0 Å². The lowest BCUT2D eigenvalue weighted by Gasteiger charge is -2.19. The van der Waals surface area contributed by atoms with Crippen molar-refractivity contribution in [1.82, 2.24) is 4.98 Å². The van der Waals surface area contributed by atoms with Gasteiger partial charge in [-0.3, -0.25) is 0 Å². The quantitative estimate of drug-likeness (QED) is 0.756. The molecule has 21 heavy (non-hydrogen) atoms. The number of pyridine rings is 1. The number of aromatic hydroxyl groups is 1. The zero-order chi connectivity index (χ0) is 17.3. The van der Waals surface area contributed by atoms with Gasteiger partial charge in [0.1, 0.15) is 11.2 Å². The van der Waals surface area contributed by atoms with Gasteiger partial charge in [0, 0.05) is 16.8 Å². The van der Waals surface area contributed by atoms with E-state index in [9.17, 15) is 9.67 Å². The average molecular weight is 298 g/mol. The van der Waals surface area contributed by atoms with Gasteiger partial charge in [0.2, 0.25) is 0 Å². The number of nitrogens with zero attached hydrogens (tertiary/aromatic N) is 1. The van der Waals surface area contributed by atoms with E-state index in [0.717, 1.165) is 0 Å². The lowest BCUT2D eigenvalue weighted by atomic mass is 10.4. The Hall–Kier alpha value is -2.38. The fraction of sp³-hybridized carbons (Fsp3) is 0. The van der Waals surface area contributed by atoms with Crippen LogP contribution >= 0.6 is 7.14 Å². The number of rotatable bonds is 3. The second kappa shape index (κ2) is 5.55. The Morgan fingerprint density at radius 1 is 0.952 bits per heavy atom. The van der Waals surface area contributed by atoms with Crippen LogP contribution in [0.25, 0.3) is 0 Å². The molecular formula is C17H14NO2P. The SMILES string of the molecule is [2H]c1nc(P(=O)(c2ccccc2)c2ccccc2)c(O)c([2H])c1[2H]. The molecule has 0 saturated heterocycles. The Morgan fingerprint density at radius 3 is 2.00 bits per heavy atom. The molecule has 0 aliphatic carbocycles. The van der Waals surface area contributed by atoms with Crippen LogP contribution in [-0.2, 0) is 4.57 Å². The topological polar surface area (TPSA) is 50.2 Å². The second-order valence-electron chi connectivity index (χ2n) is 4.43. The third-order valence-electron chi connectivity index (χ3n) is 3.15. The summed E-state index contributed by atoms with van der Waals surface area (Å²) >= 11 is 0. The summed E-state index contributed by atoms with van der Waals surface area (Å²) in [5, 5.41) is 11.2. The number of hydrogen-bond donors (Lipinski definition) is 1. The predicted octanol–water partition coefficient (Wildman–Crippen LogP) is 2.43. The van der Waals surface area contributed by atoms with Gasteiger partial charge in [-0.05, 0) is 12.1 Å². The first-order valence-electron chi connectivity index (χ1n) is 7.85. The lowest BCUT2D eigenvalue weighted by molar-refractivity contribution is 0.477. The van der Waals surface area contributed by atoms with E-state index in [2.05, 4.69) is 4.98 Å². The molecule has 3 rings (SSSR count). The van der Waals surface area contributed by atoms with Gasteiger partial charge < -0.3 is 9.67 Å². The highest BCUT2D eigenvalue weighted by Crippen LogP contribution is 2.43. The van der Waals surface area contributed by atoms with Crippen LogP contribution < -0.4 is 16.0 Å². The molecule has 0 bridgehead atoms. The average Bonchev–Trinajstić information content (AvgIpc) is 2.64. The van der Waals surface area contributed by atoms with Crippen molar-refractivity contribution in [2.45, 2.75) is 0 Å². The van der Waals surface area contributed by atoms with Gasteiger partial charge in [0.05, 0.1) is 4.11 Å². The Bertz CT molecular complexity index is 890. The zero-order valence-electron chi connectivity index (χ0n) is 14.0. The molecule has 3 aromatic rings. The molecule has 0 atom stereocenters. The van der Waals surface area contributed by atoms with Gasteiger partial charge in [-0.1, -0.05) is 60.7 Å². The summed E-state index contributed by atoms with van der Waals surface area (Å²) in [6.07, 6.45) is -0.486. The van der Waals surface area contributed by atoms with Crippen LogP contribution in [0.3, 0.4) is 0 Å². The summed E-state index contributed by atoms with van der Waals surface area (Å²) in [4.78, 5) is 3.90. The number of hydrogen-bond acceptors (Lipinski definition) is 3. The third-order valence-corrected chi connectivity index (χ3v) is 6.11. The van der Waals surface area contributed by atoms with Crippen molar-refractivity contribution in [3.63, 3.8) is 0 Å². The molecule has 0 spiro atoms. The Labute approximate surface area is 127 Å². The van der Waals surface area contributed by atoms with E-state index in [0.29, 0.717) is 10.6 Å². The van der Waals surface area contributed by atoms with Crippen molar-refractivity contribution >= 4 is 23.2 Å². The van der Waals surface area contributed by atoms with Gasteiger partial charge in [-0.25, -0.2) is 4.98 Å². The molecule has 4 heteroatoms.